The summed E-state index contributed by atoms with van der Waals surface area (Å²) in [5, 5.41) is 5.72. The summed E-state index contributed by atoms with van der Waals surface area (Å²) in [4.78, 5) is 33.9. The monoisotopic (exact) mass is 794 g/mol. The van der Waals surface area contributed by atoms with Crippen molar-refractivity contribution in [2.24, 2.45) is 11.3 Å². The molecule has 7 rings (SSSR count). The second kappa shape index (κ2) is 16.6. The SMILES string of the molecule is CC(C)(C)CC(=O)Nc1nc2ccccn2c1-c1ccc(OC(F)(F)F)cc1.O=C(CC1CCCC1)Nc1nc2ccccn2c1-c1ccc(OC(F)(F)F)cc1. The minimum Gasteiger partial charge on any atom is -0.406 e. The Morgan fingerprint density at radius 1 is 0.649 bits per heavy atom. The maximum absolute atomic E-state index is 12.5. The van der Waals surface area contributed by atoms with Crippen LogP contribution in [0.15, 0.2) is 97.3 Å². The number of rotatable bonds is 9. The first-order chi connectivity index (χ1) is 26.9. The van der Waals surface area contributed by atoms with Gasteiger partial charge in [0, 0.05) is 36.4 Å². The van der Waals surface area contributed by atoms with Crippen molar-refractivity contribution in [3.8, 4) is 34.0 Å². The molecule has 0 aliphatic heterocycles. The number of carbonyl (C=O) groups excluding carboxylic acids is 2. The van der Waals surface area contributed by atoms with Crippen LogP contribution < -0.4 is 20.1 Å². The average molecular weight is 795 g/mol. The molecule has 4 heterocycles. The van der Waals surface area contributed by atoms with Crippen LogP contribution in [-0.2, 0) is 9.59 Å². The fraction of sp³-hybridized carbons (Fsp3) is 0.317. The summed E-state index contributed by atoms with van der Waals surface area (Å²) in [5.74, 6) is 0.237. The fourth-order valence-electron chi connectivity index (χ4n) is 6.66. The molecule has 16 heteroatoms. The first-order valence-electron chi connectivity index (χ1n) is 18.2. The van der Waals surface area contributed by atoms with Gasteiger partial charge < -0.3 is 20.1 Å². The number of imidazole rings is 2. The van der Waals surface area contributed by atoms with Crippen LogP contribution in [-0.4, -0.2) is 43.3 Å². The Morgan fingerprint density at radius 2 is 1.07 bits per heavy atom. The standard InChI is InChI=1S/C21H20F3N3O2.C20H20F3N3O2/c22-21(23,24)29-16-10-8-15(9-11-16)19-20(25-17-7-3-4-12-27(17)19)26-18(28)13-14-5-1-2-6-14;1-19(2,3)12-16(27)25-18-17(26-11-5-4-6-15(26)24-18)13-7-9-14(10-8-13)28-20(21,22)23/h3-4,7-12,14H,1-2,5-6,13H2,(H,26,28);4-11H,12H2,1-3H3,(H,25,27). The number of nitrogens with zero attached hydrogens (tertiary/aromatic N) is 4. The summed E-state index contributed by atoms with van der Waals surface area (Å²) < 4.78 is 85.8. The molecule has 300 valence electrons. The average Bonchev–Trinajstić information content (AvgIpc) is 3.84. The maximum atomic E-state index is 12.5. The third-order valence-electron chi connectivity index (χ3n) is 8.94. The zero-order valence-electron chi connectivity index (χ0n) is 31.2. The molecule has 0 saturated heterocycles. The molecule has 0 radical (unpaired) electrons. The predicted octanol–water partition coefficient (Wildman–Crippen LogP) is 10.7. The highest BCUT2D eigenvalue weighted by Gasteiger charge is 2.32. The van der Waals surface area contributed by atoms with E-state index in [-0.39, 0.29) is 28.7 Å². The molecule has 0 bridgehead atoms. The number of ether oxygens (including phenoxy) is 2. The Balaban J connectivity index is 0.000000193. The van der Waals surface area contributed by atoms with E-state index in [0.29, 0.717) is 64.2 Å². The highest BCUT2D eigenvalue weighted by Crippen LogP contribution is 2.35. The van der Waals surface area contributed by atoms with Gasteiger partial charge in [-0.15, -0.1) is 26.3 Å². The van der Waals surface area contributed by atoms with Gasteiger partial charge in [0.15, 0.2) is 11.6 Å². The van der Waals surface area contributed by atoms with Gasteiger partial charge >= 0.3 is 12.7 Å². The van der Waals surface area contributed by atoms with Crippen LogP contribution in [0.25, 0.3) is 33.8 Å². The molecule has 1 aliphatic rings. The summed E-state index contributed by atoms with van der Waals surface area (Å²) in [6.45, 7) is 5.86. The van der Waals surface area contributed by atoms with Gasteiger partial charge in [0.2, 0.25) is 11.8 Å². The number of pyridine rings is 2. The summed E-state index contributed by atoms with van der Waals surface area (Å²) in [6.07, 6.45) is -0.737. The largest absolute Gasteiger partial charge is 0.573 e. The minimum absolute atomic E-state index is 0.0985. The Kier molecular flexibility index (Phi) is 11.8. The number of nitrogens with one attached hydrogen (secondary N) is 2. The van der Waals surface area contributed by atoms with Crippen LogP contribution in [0.2, 0.25) is 0 Å². The zero-order valence-corrected chi connectivity index (χ0v) is 31.2. The Bertz CT molecular complexity index is 2320. The molecule has 1 fully saturated rings. The van der Waals surface area contributed by atoms with Crippen LogP contribution in [0.1, 0.15) is 59.3 Å². The van der Waals surface area contributed by atoms with E-state index in [9.17, 15) is 35.9 Å². The van der Waals surface area contributed by atoms with Gasteiger partial charge in [0.05, 0.1) is 11.4 Å². The van der Waals surface area contributed by atoms with E-state index in [1.165, 1.54) is 48.5 Å². The molecule has 0 atom stereocenters. The van der Waals surface area contributed by atoms with Crippen molar-refractivity contribution in [3.63, 3.8) is 0 Å². The summed E-state index contributed by atoms with van der Waals surface area (Å²) in [5.41, 5.74) is 3.46. The van der Waals surface area contributed by atoms with Gasteiger partial charge in [0.1, 0.15) is 22.8 Å². The number of aromatic nitrogens is 4. The predicted molar refractivity (Wildman–Crippen MR) is 203 cm³/mol. The fourth-order valence-corrected chi connectivity index (χ4v) is 6.66. The first kappa shape index (κ1) is 40.6. The van der Waals surface area contributed by atoms with Crippen LogP contribution in [0.3, 0.4) is 0 Å². The van der Waals surface area contributed by atoms with Crippen LogP contribution in [0.5, 0.6) is 11.5 Å². The van der Waals surface area contributed by atoms with Gasteiger partial charge in [-0.25, -0.2) is 9.97 Å². The Hall–Kier alpha value is -6.06. The summed E-state index contributed by atoms with van der Waals surface area (Å²) in [6, 6.07) is 21.8. The lowest BCUT2D eigenvalue weighted by Crippen LogP contribution is -2.20. The van der Waals surface area contributed by atoms with E-state index < -0.39 is 12.7 Å². The lowest BCUT2D eigenvalue weighted by atomic mass is 9.92. The van der Waals surface area contributed by atoms with Crippen molar-refractivity contribution in [2.75, 3.05) is 10.6 Å². The second-order valence-electron chi connectivity index (χ2n) is 14.8. The molecule has 2 amide bonds. The smallest absolute Gasteiger partial charge is 0.406 e. The van der Waals surface area contributed by atoms with Gasteiger partial charge in [-0.1, -0.05) is 45.7 Å². The quantitative estimate of drug-likeness (QED) is 0.141. The number of amides is 2. The molecule has 4 aromatic heterocycles. The number of hydrogen-bond acceptors (Lipinski definition) is 6. The highest BCUT2D eigenvalue weighted by molar-refractivity contribution is 5.95. The molecule has 57 heavy (non-hydrogen) atoms. The highest BCUT2D eigenvalue weighted by atomic mass is 19.4. The number of hydrogen-bond donors (Lipinski definition) is 2. The molecular formula is C41H40F6N6O4. The number of alkyl halides is 6. The van der Waals surface area contributed by atoms with Crippen molar-refractivity contribution < 1.29 is 45.4 Å². The maximum Gasteiger partial charge on any atom is 0.573 e. The Morgan fingerprint density at radius 3 is 1.47 bits per heavy atom. The van der Waals surface area contributed by atoms with Crippen molar-refractivity contribution in [3.05, 3.63) is 97.3 Å². The van der Waals surface area contributed by atoms with Crippen LogP contribution >= 0.6 is 0 Å². The van der Waals surface area contributed by atoms with Crippen molar-refractivity contribution in [1.29, 1.82) is 0 Å². The number of benzene rings is 2. The van der Waals surface area contributed by atoms with Crippen LogP contribution in [0, 0.1) is 11.3 Å². The topological polar surface area (TPSA) is 111 Å². The molecular weight excluding hydrogens is 754 g/mol. The summed E-state index contributed by atoms with van der Waals surface area (Å²) >= 11 is 0. The van der Waals surface area contributed by atoms with Crippen molar-refractivity contribution >= 4 is 34.7 Å². The molecule has 2 N–H and O–H groups in total. The molecule has 1 saturated carbocycles. The number of fused-ring (bicyclic) bond motifs is 2. The molecule has 0 unspecified atom stereocenters. The number of halogens is 6. The second-order valence-corrected chi connectivity index (χ2v) is 14.8. The van der Waals surface area contributed by atoms with E-state index >= 15 is 0 Å². The van der Waals surface area contributed by atoms with E-state index in [1.807, 2.05) is 39.0 Å². The molecule has 2 aromatic carbocycles. The van der Waals surface area contributed by atoms with Crippen molar-refractivity contribution in [1.82, 2.24) is 18.8 Å². The van der Waals surface area contributed by atoms with E-state index in [4.69, 9.17) is 0 Å². The molecule has 0 spiro atoms. The Labute approximate surface area is 323 Å². The third kappa shape index (κ3) is 11.0. The molecule has 10 nitrogen and oxygen atoms in total. The molecule has 1 aliphatic carbocycles. The lowest BCUT2D eigenvalue weighted by Gasteiger charge is -2.17. The van der Waals surface area contributed by atoms with E-state index in [2.05, 4.69) is 30.1 Å². The number of anilines is 2. The zero-order chi connectivity index (χ0) is 41.0. The van der Waals surface area contributed by atoms with Gasteiger partial charge in [-0.2, -0.15) is 0 Å². The van der Waals surface area contributed by atoms with Crippen LogP contribution in [0.4, 0.5) is 38.0 Å². The normalized spacial score (nSPS) is 13.6. The summed E-state index contributed by atoms with van der Waals surface area (Å²) in [7, 11) is 0. The van der Waals surface area contributed by atoms with E-state index in [1.54, 1.807) is 39.4 Å². The molecule has 6 aromatic rings. The minimum atomic E-state index is -4.75. The number of carbonyl (C=O) groups is 2. The lowest BCUT2D eigenvalue weighted by molar-refractivity contribution is -0.275. The third-order valence-corrected chi connectivity index (χ3v) is 8.94. The van der Waals surface area contributed by atoms with Gasteiger partial charge in [-0.3, -0.25) is 18.4 Å². The van der Waals surface area contributed by atoms with E-state index in [0.717, 1.165) is 25.7 Å². The first-order valence-corrected chi connectivity index (χ1v) is 18.2. The van der Waals surface area contributed by atoms with Gasteiger partial charge in [-0.05, 0) is 97.0 Å². The van der Waals surface area contributed by atoms with Gasteiger partial charge in [0.25, 0.3) is 0 Å². The van der Waals surface area contributed by atoms with Crippen molar-refractivity contribution in [2.45, 2.75) is 72.0 Å².